The Morgan fingerprint density at radius 3 is 1.36 bits per heavy atom. The summed E-state index contributed by atoms with van der Waals surface area (Å²) in [5.41, 5.74) is 0. The molecule has 0 aliphatic rings. The number of rotatable bonds is 51. The molecule has 0 aromatic heterocycles. The largest absolute Gasteiger partial charge is 0.472 e. The first kappa shape index (κ1) is 62.7. The number of hydrogen-bond donors (Lipinski definition) is 1. The van der Waals surface area contributed by atoms with Crippen molar-refractivity contribution in [1.29, 1.82) is 0 Å². The van der Waals surface area contributed by atoms with Gasteiger partial charge in [-0.2, -0.15) is 0 Å². The number of phosphoric ester groups is 1. The number of likely N-dealkylation sites (N-methyl/N-ethyl adjacent to an activating group) is 1. The Balaban J connectivity index is 4.06. The summed E-state index contributed by atoms with van der Waals surface area (Å²) in [4.78, 5) is 23.0. The molecule has 0 spiro atoms. The molecule has 0 aromatic carbocycles. The molecule has 0 aliphatic heterocycles. The third-order valence-corrected chi connectivity index (χ3v) is 13.0. The van der Waals surface area contributed by atoms with E-state index in [4.69, 9.17) is 18.5 Å². The zero-order chi connectivity index (χ0) is 46.9. The van der Waals surface area contributed by atoms with Crippen LogP contribution in [0.4, 0.5) is 0 Å². The highest BCUT2D eigenvalue weighted by Gasteiger charge is 2.26. The van der Waals surface area contributed by atoms with E-state index in [0.29, 0.717) is 24.1 Å². The molecule has 0 rings (SSSR count). The number of carbonyl (C=O) groups is 1. The average molecular weight is 925 g/mol. The van der Waals surface area contributed by atoms with E-state index in [9.17, 15) is 14.3 Å². The molecule has 0 aliphatic carbocycles. The summed E-state index contributed by atoms with van der Waals surface area (Å²) >= 11 is 0. The van der Waals surface area contributed by atoms with Crippen LogP contribution in [0.15, 0.2) is 36.5 Å². The van der Waals surface area contributed by atoms with Gasteiger partial charge in [0.15, 0.2) is 0 Å². The van der Waals surface area contributed by atoms with Gasteiger partial charge in [-0.3, -0.25) is 13.8 Å². The minimum atomic E-state index is -4.28. The van der Waals surface area contributed by atoms with Gasteiger partial charge in [-0.1, -0.05) is 237 Å². The minimum Gasteiger partial charge on any atom is -0.457 e. The second-order valence-corrected chi connectivity index (χ2v) is 21.0. The van der Waals surface area contributed by atoms with Crippen molar-refractivity contribution < 1.29 is 37.3 Å². The first-order valence-corrected chi connectivity index (χ1v) is 28.7. The Bertz CT molecular complexity index is 1120. The van der Waals surface area contributed by atoms with Crippen LogP contribution in [0.25, 0.3) is 0 Å². The third-order valence-electron chi connectivity index (χ3n) is 12.0. The number of quaternary nitrogens is 1. The molecule has 378 valence electrons. The first-order chi connectivity index (χ1) is 31.1. The molecule has 0 saturated carbocycles. The highest BCUT2D eigenvalue weighted by Crippen LogP contribution is 2.43. The minimum absolute atomic E-state index is 0.0882. The van der Waals surface area contributed by atoms with E-state index >= 15 is 0 Å². The van der Waals surface area contributed by atoms with Crippen LogP contribution < -0.4 is 0 Å². The molecule has 64 heavy (non-hydrogen) atoms. The van der Waals surface area contributed by atoms with Crippen LogP contribution in [-0.2, 0) is 27.9 Å². The molecule has 0 fully saturated rings. The maximum absolute atomic E-state index is 12.8. The van der Waals surface area contributed by atoms with Crippen LogP contribution in [0, 0.1) is 0 Å². The standard InChI is InChI=1S/C55H106NO7P/c1-6-8-10-12-14-16-18-20-22-24-26-27-28-29-30-31-32-34-36-38-40-42-44-46-48-55(57)63-54(53-62-64(58,59)61-51-49-56(3,4)5)52-60-50-47-45-43-41-39-37-35-33-25-23-21-19-17-15-13-11-9-7-2/h9,11,15,17,21,23,54H,6-8,10,12-14,16,18-20,22,24-53H2,1-5H3/p+1/b11-9-,17-15-,23-21-. The Kier molecular flexibility index (Phi) is 47.2. The van der Waals surface area contributed by atoms with Crippen molar-refractivity contribution in [2.24, 2.45) is 0 Å². The fourth-order valence-electron chi connectivity index (χ4n) is 7.81. The molecule has 9 heteroatoms. The van der Waals surface area contributed by atoms with Crippen molar-refractivity contribution in [3.8, 4) is 0 Å². The van der Waals surface area contributed by atoms with Crippen LogP contribution in [0.3, 0.4) is 0 Å². The summed E-state index contributed by atoms with van der Waals surface area (Å²) < 4.78 is 35.2. The molecule has 1 N–H and O–H groups in total. The second-order valence-electron chi connectivity index (χ2n) is 19.6. The number of unbranched alkanes of at least 4 members (excludes halogenated alkanes) is 31. The maximum atomic E-state index is 12.8. The maximum Gasteiger partial charge on any atom is 0.472 e. The zero-order valence-electron chi connectivity index (χ0n) is 43.0. The zero-order valence-corrected chi connectivity index (χ0v) is 43.9. The quantitative estimate of drug-likeness (QED) is 0.0214. The van der Waals surface area contributed by atoms with Gasteiger partial charge in [0.25, 0.3) is 0 Å². The highest BCUT2D eigenvalue weighted by atomic mass is 31.2. The Labute approximate surface area is 397 Å². The first-order valence-electron chi connectivity index (χ1n) is 27.2. The summed E-state index contributed by atoms with van der Waals surface area (Å²) in [6.45, 7) is 5.55. The Morgan fingerprint density at radius 2 is 0.906 bits per heavy atom. The number of hydrogen-bond acceptors (Lipinski definition) is 6. The molecule has 0 aromatic rings. The van der Waals surface area contributed by atoms with Gasteiger partial charge in [0.2, 0.25) is 0 Å². The lowest BCUT2D eigenvalue weighted by atomic mass is 10.0. The lowest BCUT2D eigenvalue weighted by Crippen LogP contribution is -2.37. The van der Waals surface area contributed by atoms with Crippen LogP contribution >= 0.6 is 7.82 Å². The average Bonchev–Trinajstić information content (AvgIpc) is 3.25. The fraction of sp³-hybridized carbons (Fsp3) is 0.873. The van der Waals surface area contributed by atoms with E-state index in [-0.39, 0.29) is 25.8 Å². The van der Waals surface area contributed by atoms with Crippen molar-refractivity contribution in [2.45, 2.75) is 258 Å². The summed E-state index contributed by atoms with van der Waals surface area (Å²) in [6.07, 6.45) is 59.2. The number of nitrogens with zero attached hydrogens (tertiary/aromatic N) is 1. The predicted molar refractivity (Wildman–Crippen MR) is 275 cm³/mol. The predicted octanol–water partition coefficient (Wildman–Crippen LogP) is 16.9. The molecule has 0 saturated heterocycles. The van der Waals surface area contributed by atoms with Crippen molar-refractivity contribution in [3.63, 3.8) is 0 Å². The van der Waals surface area contributed by atoms with Gasteiger partial charge in [-0.25, -0.2) is 4.57 Å². The second kappa shape index (κ2) is 48.2. The number of ether oxygens (including phenoxy) is 2. The monoisotopic (exact) mass is 925 g/mol. The number of phosphoric acid groups is 1. The van der Waals surface area contributed by atoms with E-state index in [2.05, 4.69) is 50.3 Å². The van der Waals surface area contributed by atoms with Crippen LogP contribution in [0.1, 0.15) is 251 Å². The molecule has 2 unspecified atom stereocenters. The van der Waals surface area contributed by atoms with Crippen molar-refractivity contribution in [2.75, 3.05) is 54.1 Å². The third kappa shape index (κ3) is 51.7. The van der Waals surface area contributed by atoms with Gasteiger partial charge in [0.1, 0.15) is 19.3 Å². The van der Waals surface area contributed by atoms with E-state index in [1.807, 2.05) is 21.1 Å². The summed E-state index contributed by atoms with van der Waals surface area (Å²) in [7, 11) is 1.67. The van der Waals surface area contributed by atoms with Crippen LogP contribution in [-0.4, -0.2) is 75.6 Å². The molecule has 0 radical (unpaired) electrons. The van der Waals surface area contributed by atoms with Gasteiger partial charge >= 0.3 is 13.8 Å². The normalized spacial score (nSPS) is 13.8. The summed E-state index contributed by atoms with van der Waals surface area (Å²) in [5, 5.41) is 0. The summed E-state index contributed by atoms with van der Waals surface area (Å²) in [5.74, 6) is -0.311. The highest BCUT2D eigenvalue weighted by molar-refractivity contribution is 7.47. The fourth-order valence-corrected chi connectivity index (χ4v) is 8.55. The SMILES string of the molecule is CC/C=C\C/C=C\C/C=C\CCCCCCCCCCOCC(COP(=O)(O)OCC[N+](C)(C)C)OC(=O)CCCCCCCCCCCCCCCCCCCCCCCCCC. The molecule has 0 bridgehead atoms. The molecule has 2 atom stereocenters. The van der Waals surface area contributed by atoms with E-state index < -0.39 is 13.9 Å². The van der Waals surface area contributed by atoms with Gasteiger partial charge in [-0.05, 0) is 44.9 Å². The van der Waals surface area contributed by atoms with Gasteiger partial charge < -0.3 is 18.9 Å². The van der Waals surface area contributed by atoms with E-state index in [1.165, 1.54) is 180 Å². The number of esters is 1. The van der Waals surface area contributed by atoms with Crippen LogP contribution in [0.2, 0.25) is 0 Å². The number of carbonyl (C=O) groups excluding carboxylic acids is 1. The molecule has 0 heterocycles. The van der Waals surface area contributed by atoms with Crippen molar-refractivity contribution >= 4 is 13.8 Å². The molecular formula is C55H107NO7P+. The topological polar surface area (TPSA) is 91.3 Å². The Morgan fingerprint density at radius 1 is 0.500 bits per heavy atom. The number of allylic oxidation sites excluding steroid dienone is 6. The van der Waals surface area contributed by atoms with Gasteiger partial charge in [0, 0.05) is 13.0 Å². The van der Waals surface area contributed by atoms with Crippen molar-refractivity contribution in [3.05, 3.63) is 36.5 Å². The lowest BCUT2D eigenvalue weighted by Gasteiger charge is -2.24. The van der Waals surface area contributed by atoms with Gasteiger partial charge in [0.05, 0.1) is 34.4 Å². The van der Waals surface area contributed by atoms with E-state index in [1.54, 1.807) is 0 Å². The van der Waals surface area contributed by atoms with Crippen molar-refractivity contribution in [1.82, 2.24) is 0 Å². The van der Waals surface area contributed by atoms with E-state index in [0.717, 1.165) is 51.4 Å². The molecule has 8 nitrogen and oxygen atoms in total. The van der Waals surface area contributed by atoms with Crippen LogP contribution in [0.5, 0.6) is 0 Å². The lowest BCUT2D eigenvalue weighted by molar-refractivity contribution is -0.870. The summed E-state index contributed by atoms with van der Waals surface area (Å²) in [6, 6.07) is 0. The molecule has 0 amide bonds. The van der Waals surface area contributed by atoms with Gasteiger partial charge in [-0.15, -0.1) is 0 Å². The smallest absolute Gasteiger partial charge is 0.457 e. The Hall–Kier alpha value is -1.28. The molecular weight excluding hydrogens is 818 g/mol.